The maximum atomic E-state index is 13.6. The van der Waals surface area contributed by atoms with Gasteiger partial charge < -0.3 is 11.1 Å². The van der Waals surface area contributed by atoms with E-state index in [1.165, 1.54) is 12.1 Å². The fourth-order valence-electron chi connectivity index (χ4n) is 1.58. The van der Waals surface area contributed by atoms with Crippen LogP contribution in [0.2, 0.25) is 0 Å². The van der Waals surface area contributed by atoms with Gasteiger partial charge in [0.25, 0.3) is 5.91 Å². The highest BCUT2D eigenvalue weighted by Gasteiger charge is 2.09. The molecule has 0 aliphatic carbocycles. The summed E-state index contributed by atoms with van der Waals surface area (Å²) in [5, 5.41) is 2.53. The van der Waals surface area contributed by atoms with Gasteiger partial charge in [0, 0.05) is 16.6 Å². The van der Waals surface area contributed by atoms with E-state index >= 15 is 0 Å². The minimum absolute atomic E-state index is 0.149. The maximum absolute atomic E-state index is 13.6. The standard InChI is InChI=1S/C14H12BrFN2O/c15-11-5-6-13(12(16)7-11)18-14(19)10-3-1-9(8-17)2-4-10/h1-7H,8,17H2,(H,18,19). The van der Waals surface area contributed by atoms with E-state index in [0.29, 0.717) is 16.6 Å². The molecule has 1 amide bonds. The molecule has 0 saturated heterocycles. The van der Waals surface area contributed by atoms with Gasteiger partial charge >= 0.3 is 0 Å². The van der Waals surface area contributed by atoms with Gasteiger partial charge in [0.15, 0.2) is 0 Å². The number of nitrogens with one attached hydrogen (secondary N) is 1. The molecule has 2 aromatic rings. The average Bonchev–Trinajstić information content (AvgIpc) is 2.42. The van der Waals surface area contributed by atoms with Crippen molar-refractivity contribution in [1.82, 2.24) is 0 Å². The minimum Gasteiger partial charge on any atom is -0.326 e. The van der Waals surface area contributed by atoms with Crippen LogP contribution < -0.4 is 11.1 Å². The van der Waals surface area contributed by atoms with Gasteiger partial charge in [0.05, 0.1) is 5.69 Å². The summed E-state index contributed by atoms with van der Waals surface area (Å²) in [4.78, 5) is 11.9. The summed E-state index contributed by atoms with van der Waals surface area (Å²) in [5.74, 6) is -0.842. The van der Waals surface area contributed by atoms with E-state index in [2.05, 4.69) is 21.2 Å². The van der Waals surface area contributed by atoms with E-state index in [0.717, 1.165) is 5.56 Å². The van der Waals surface area contributed by atoms with Crippen LogP contribution in [0.1, 0.15) is 15.9 Å². The van der Waals surface area contributed by atoms with Crippen LogP contribution in [-0.2, 0) is 6.54 Å². The Bertz CT molecular complexity index is 599. The van der Waals surface area contributed by atoms with E-state index in [-0.39, 0.29) is 11.6 Å². The molecule has 0 aliphatic heterocycles. The van der Waals surface area contributed by atoms with E-state index in [1.807, 2.05) is 0 Å². The van der Waals surface area contributed by atoms with Gasteiger partial charge in [0.1, 0.15) is 5.82 Å². The van der Waals surface area contributed by atoms with Gasteiger partial charge in [-0.15, -0.1) is 0 Å². The molecular weight excluding hydrogens is 311 g/mol. The first-order valence-electron chi connectivity index (χ1n) is 5.65. The Hall–Kier alpha value is -1.72. The van der Waals surface area contributed by atoms with Crippen LogP contribution in [-0.4, -0.2) is 5.91 Å². The number of halogens is 2. The summed E-state index contributed by atoms with van der Waals surface area (Å²) in [7, 11) is 0. The van der Waals surface area contributed by atoms with E-state index in [9.17, 15) is 9.18 Å². The Labute approximate surface area is 118 Å². The quantitative estimate of drug-likeness (QED) is 0.911. The largest absolute Gasteiger partial charge is 0.326 e. The van der Waals surface area contributed by atoms with Crippen molar-refractivity contribution in [3.63, 3.8) is 0 Å². The molecule has 5 heteroatoms. The highest BCUT2D eigenvalue weighted by molar-refractivity contribution is 9.10. The van der Waals surface area contributed by atoms with Gasteiger partial charge in [-0.05, 0) is 35.9 Å². The molecule has 0 atom stereocenters. The molecule has 2 rings (SSSR count). The van der Waals surface area contributed by atoms with Crippen molar-refractivity contribution in [1.29, 1.82) is 0 Å². The van der Waals surface area contributed by atoms with Crippen molar-refractivity contribution in [2.75, 3.05) is 5.32 Å². The van der Waals surface area contributed by atoms with Crippen LogP contribution in [0.3, 0.4) is 0 Å². The zero-order valence-electron chi connectivity index (χ0n) is 9.99. The fraction of sp³-hybridized carbons (Fsp3) is 0.0714. The Kier molecular flexibility index (Phi) is 4.29. The van der Waals surface area contributed by atoms with Crippen LogP contribution >= 0.6 is 15.9 Å². The minimum atomic E-state index is -0.485. The van der Waals surface area contributed by atoms with Gasteiger partial charge in [-0.3, -0.25) is 4.79 Å². The van der Waals surface area contributed by atoms with E-state index in [4.69, 9.17) is 5.73 Å². The Morgan fingerprint density at radius 2 is 1.89 bits per heavy atom. The average molecular weight is 323 g/mol. The number of carbonyl (C=O) groups excluding carboxylic acids is 1. The first kappa shape index (κ1) is 13.7. The van der Waals surface area contributed by atoms with Crippen molar-refractivity contribution in [2.24, 2.45) is 5.73 Å². The van der Waals surface area contributed by atoms with Crippen LogP contribution in [0, 0.1) is 5.82 Å². The van der Waals surface area contributed by atoms with Crippen molar-refractivity contribution in [3.8, 4) is 0 Å². The second-order valence-electron chi connectivity index (χ2n) is 3.98. The van der Waals surface area contributed by atoms with Crippen molar-refractivity contribution < 1.29 is 9.18 Å². The lowest BCUT2D eigenvalue weighted by Crippen LogP contribution is -2.13. The molecule has 3 N–H and O–H groups in total. The molecule has 0 saturated carbocycles. The molecule has 0 bridgehead atoms. The summed E-state index contributed by atoms with van der Waals surface area (Å²) in [6.45, 7) is 0.420. The van der Waals surface area contributed by atoms with Gasteiger partial charge in [0.2, 0.25) is 0 Å². The zero-order chi connectivity index (χ0) is 13.8. The number of hydrogen-bond donors (Lipinski definition) is 2. The molecule has 2 aromatic carbocycles. The molecule has 0 aliphatic rings. The number of amides is 1. The smallest absolute Gasteiger partial charge is 0.255 e. The highest BCUT2D eigenvalue weighted by atomic mass is 79.9. The number of carbonyl (C=O) groups is 1. The zero-order valence-corrected chi connectivity index (χ0v) is 11.6. The third-order valence-electron chi connectivity index (χ3n) is 2.63. The maximum Gasteiger partial charge on any atom is 0.255 e. The Morgan fingerprint density at radius 1 is 1.21 bits per heavy atom. The van der Waals surface area contributed by atoms with Crippen LogP contribution in [0.5, 0.6) is 0 Å². The van der Waals surface area contributed by atoms with Crippen molar-refractivity contribution in [3.05, 3.63) is 63.9 Å². The Balaban J connectivity index is 2.15. The number of benzene rings is 2. The predicted molar refractivity (Wildman–Crippen MR) is 76.4 cm³/mol. The van der Waals surface area contributed by atoms with E-state index in [1.54, 1.807) is 30.3 Å². The number of nitrogens with two attached hydrogens (primary N) is 1. The lowest BCUT2D eigenvalue weighted by molar-refractivity contribution is 0.102. The summed E-state index contributed by atoms with van der Waals surface area (Å²) in [6, 6.07) is 11.3. The lowest BCUT2D eigenvalue weighted by atomic mass is 10.1. The van der Waals surface area contributed by atoms with Gasteiger partial charge in [-0.2, -0.15) is 0 Å². The van der Waals surface area contributed by atoms with Gasteiger partial charge in [-0.25, -0.2) is 4.39 Å². The summed E-state index contributed by atoms with van der Waals surface area (Å²) in [5.41, 5.74) is 7.02. The first-order valence-corrected chi connectivity index (χ1v) is 6.45. The molecule has 3 nitrogen and oxygen atoms in total. The second kappa shape index (κ2) is 5.95. The van der Waals surface area contributed by atoms with Crippen LogP contribution in [0.25, 0.3) is 0 Å². The summed E-state index contributed by atoms with van der Waals surface area (Å²) < 4.78 is 14.2. The van der Waals surface area contributed by atoms with Gasteiger partial charge in [-0.1, -0.05) is 28.1 Å². The number of anilines is 1. The SMILES string of the molecule is NCc1ccc(C(=O)Nc2ccc(Br)cc2F)cc1. The third-order valence-corrected chi connectivity index (χ3v) is 3.12. The molecule has 0 unspecified atom stereocenters. The van der Waals surface area contributed by atoms with Crippen LogP contribution in [0.4, 0.5) is 10.1 Å². The third kappa shape index (κ3) is 3.39. The number of hydrogen-bond acceptors (Lipinski definition) is 2. The monoisotopic (exact) mass is 322 g/mol. The topological polar surface area (TPSA) is 55.1 Å². The fourth-order valence-corrected chi connectivity index (χ4v) is 1.91. The highest BCUT2D eigenvalue weighted by Crippen LogP contribution is 2.20. The normalized spacial score (nSPS) is 10.3. The summed E-state index contributed by atoms with van der Waals surface area (Å²) >= 11 is 3.16. The molecule has 0 aromatic heterocycles. The first-order chi connectivity index (χ1) is 9.10. The molecule has 0 spiro atoms. The second-order valence-corrected chi connectivity index (χ2v) is 4.90. The van der Waals surface area contributed by atoms with E-state index < -0.39 is 5.82 Å². The summed E-state index contributed by atoms with van der Waals surface area (Å²) in [6.07, 6.45) is 0. The molecule has 0 radical (unpaired) electrons. The number of rotatable bonds is 3. The van der Waals surface area contributed by atoms with Crippen LogP contribution in [0.15, 0.2) is 46.9 Å². The predicted octanol–water partition coefficient (Wildman–Crippen LogP) is 3.30. The van der Waals surface area contributed by atoms with Crippen molar-refractivity contribution in [2.45, 2.75) is 6.54 Å². The molecule has 0 fully saturated rings. The molecule has 98 valence electrons. The van der Waals surface area contributed by atoms with Crippen molar-refractivity contribution >= 4 is 27.5 Å². The lowest BCUT2D eigenvalue weighted by Gasteiger charge is -2.07. The molecule has 0 heterocycles. The molecule has 19 heavy (non-hydrogen) atoms. The molecular formula is C14H12BrFN2O. The Morgan fingerprint density at radius 3 is 2.47 bits per heavy atom.